The molecule has 1 aliphatic rings. The number of aliphatic hydroxyl groups excluding tert-OH is 1. The number of nitrogens with one attached hydrogen (secondary N) is 1. The number of aryl methyl sites for hydroxylation is 2. The van der Waals surface area contributed by atoms with Gasteiger partial charge in [-0.15, -0.1) is 0 Å². The zero-order valence-corrected chi connectivity index (χ0v) is 13.4. The van der Waals surface area contributed by atoms with E-state index in [4.69, 9.17) is 11.6 Å². The smallest absolute Gasteiger partial charge is 0.220 e. The van der Waals surface area contributed by atoms with Gasteiger partial charge in [0.1, 0.15) is 0 Å². The lowest BCUT2D eigenvalue weighted by Gasteiger charge is -2.26. The Bertz CT molecular complexity index is 496. The molecule has 0 heterocycles. The van der Waals surface area contributed by atoms with Gasteiger partial charge in [0.2, 0.25) is 5.91 Å². The average molecular weight is 310 g/mol. The quantitative estimate of drug-likeness (QED) is 0.847. The molecule has 0 spiro atoms. The topological polar surface area (TPSA) is 49.3 Å². The molecule has 0 aromatic heterocycles. The molecule has 0 saturated heterocycles. The van der Waals surface area contributed by atoms with Gasteiger partial charge in [-0.1, -0.05) is 36.6 Å². The Hall–Kier alpha value is -1.06. The van der Waals surface area contributed by atoms with Crippen LogP contribution in [-0.2, 0) is 11.2 Å². The van der Waals surface area contributed by atoms with Gasteiger partial charge in [0.05, 0.1) is 6.61 Å². The average Bonchev–Trinajstić information content (AvgIpc) is 2.96. The second-order valence-corrected chi connectivity index (χ2v) is 6.63. The highest BCUT2D eigenvalue weighted by Gasteiger charge is 2.33. The summed E-state index contributed by atoms with van der Waals surface area (Å²) in [5, 5.41) is 13.3. The minimum atomic E-state index is -0.0805. The second-order valence-electron chi connectivity index (χ2n) is 6.23. The fraction of sp³-hybridized carbons (Fsp3) is 0.588. The Morgan fingerprint density at radius 1 is 1.38 bits per heavy atom. The molecule has 0 unspecified atom stereocenters. The summed E-state index contributed by atoms with van der Waals surface area (Å²) >= 11 is 6.09. The number of hydrogen-bond acceptors (Lipinski definition) is 2. The van der Waals surface area contributed by atoms with Crippen LogP contribution in [0.2, 0.25) is 5.02 Å². The van der Waals surface area contributed by atoms with Crippen LogP contribution in [0.1, 0.15) is 43.2 Å². The van der Waals surface area contributed by atoms with Crippen LogP contribution < -0.4 is 5.32 Å². The summed E-state index contributed by atoms with van der Waals surface area (Å²) in [5.74, 6) is 0.0476. The second kappa shape index (κ2) is 7.28. The van der Waals surface area contributed by atoms with E-state index in [1.807, 2.05) is 25.1 Å². The summed E-state index contributed by atoms with van der Waals surface area (Å²) < 4.78 is 0. The maximum absolute atomic E-state index is 12.0. The lowest BCUT2D eigenvalue weighted by molar-refractivity contribution is -0.121. The largest absolute Gasteiger partial charge is 0.396 e. The SMILES string of the molecule is Cc1ccc(CCC(=O)NCC2(CO)CCCC2)cc1Cl. The predicted molar refractivity (Wildman–Crippen MR) is 85.5 cm³/mol. The lowest BCUT2D eigenvalue weighted by Crippen LogP contribution is -2.38. The number of rotatable bonds is 6. The van der Waals surface area contributed by atoms with Crippen LogP contribution in [0, 0.1) is 12.3 Å². The first-order valence-electron chi connectivity index (χ1n) is 7.67. The van der Waals surface area contributed by atoms with Crippen molar-refractivity contribution in [3.8, 4) is 0 Å². The molecule has 1 fully saturated rings. The van der Waals surface area contributed by atoms with Crippen molar-refractivity contribution in [2.45, 2.75) is 45.4 Å². The van der Waals surface area contributed by atoms with E-state index in [1.165, 1.54) is 0 Å². The van der Waals surface area contributed by atoms with Gasteiger partial charge in [-0.25, -0.2) is 0 Å². The van der Waals surface area contributed by atoms with E-state index < -0.39 is 0 Å². The fourth-order valence-electron chi connectivity index (χ4n) is 2.94. The van der Waals surface area contributed by atoms with Gasteiger partial charge in [-0.2, -0.15) is 0 Å². The maximum atomic E-state index is 12.0. The summed E-state index contributed by atoms with van der Waals surface area (Å²) in [6, 6.07) is 5.92. The molecule has 3 nitrogen and oxygen atoms in total. The van der Waals surface area contributed by atoms with Gasteiger partial charge in [-0.05, 0) is 43.4 Å². The molecule has 0 aliphatic heterocycles. The molecular formula is C17H24ClNO2. The van der Waals surface area contributed by atoms with Crippen molar-refractivity contribution in [2.75, 3.05) is 13.2 Å². The molecule has 1 aromatic carbocycles. The minimum absolute atomic E-state index is 0.0476. The third-order valence-electron chi connectivity index (χ3n) is 4.54. The third kappa shape index (κ3) is 4.45. The molecule has 0 atom stereocenters. The van der Waals surface area contributed by atoms with Gasteiger partial charge in [0.25, 0.3) is 0 Å². The summed E-state index contributed by atoms with van der Waals surface area (Å²) in [4.78, 5) is 12.0. The Labute approximate surface area is 131 Å². The number of carbonyl (C=O) groups is 1. The fourth-order valence-corrected chi connectivity index (χ4v) is 3.14. The first-order chi connectivity index (χ1) is 10.0. The summed E-state index contributed by atoms with van der Waals surface area (Å²) in [7, 11) is 0. The van der Waals surface area contributed by atoms with Gasteiger partial charge < -0.3 is 10.4 Å². The minimum Gasteiger partial charge on any atom is -0.396 e. The Balaban J connectivity index is 1.78. The third-order valence-corrected chi connectivity index (χ3v) is 4.94. The molecule has 21 heavy (non-hydrogen) atoms. The van der Waals surface area contributed by atoms with E-state index >= 15 is 0 Å². The van der Waals surface area contributed by atoms with Crippen molar-refractivity contribution in [2.24, 2.45) is 5.41 Å². The molecule has 4 heteroatoms. The first-order valence-corrected chi connectivity index (χ1v) is 8.05. The van der Waals surface area contributed by atoms with Crippen LogP contribution >= 0.6 is 11.6 Å². The van der Waals surface area contributed by atoms with Crippen LogP contribution in [0.15, 0.2) is 18.2 Å². The van der Waals surface area contributed by atoms with Crippen LogP contribution in [0.3, 0.4) is 0 Å². The summed E-state index contributed by atoms with van der Waals surface area (Å²) in [6.45, 7) is 2.73. The molecule has 1 aromatic rings. The lowest BCUT2D eigenvalue weighted by atomic mass is 9.87. The molecule has 2 rings (SSSR count). The van der Waals surface area contributed by atoms with Crippen molar-refractivity contribution in [3.63, 3.8) is 0 Å². The van der Waals surface area contributed by atoms with E-state index in [9.17, 15) is 9.90 Å². The van der Waals surface area contributed by atoms with E-state index in [2.05, 4.69) is 5.32 Å². The monoisotopic (exact) mass is 309 g/mol. The molecule has 0 bridgehead atoms. The molecule has 0 radical (unpaired) electrons. The predicted octanol–water partition coefficient (Wildman–Crippen LogP) is 3.25. The van der Waals surface area contributed by atoms with Crippen LogP contribution in [0.5, 0.6) is 0 Å². The summed E-state index contributed by atoms with van der Waals surface area (Å²) in [5.41, 5.74) is 2.05. The highest BCUT2D eigenvalue weighted by molar-refractivity contribution is 6.31. The van der Waals surface area contributed by atoms with Crippen molar-refractivity contribution < 1.29 is 9.90 Å². The standard InChI is InChI=1S/C17H24ClNO2/c1-13-4-5-14(10-15(13)18)6-7-16(21)19-11-17(12-20)8-2-3-9-17/h4-5,10,20H,2-3,6-9,11-12H2,1H3,(H,19,21). The van der Waals surface area contributed by atoms with Gasteiger partial charge in [0, 0.05) is 23.4 Å². The molecule has 2 N–H and O–H groups in total. The summed E-state index contributed by atoms with van der Waals surface area (Å²) in [6.07, 6.45) is 5.48. The van der Waals surface area contributed by atoms with E-state index in [0.717, 1.165) is 41.8 Å². The molecular weight excluding hydrogens is 286 g/mol. The van der Waals surface area contributed by atoms with Crippen molar-refractivity contribution in [1.82, 2.24) is 5.32 Å². The van der Waals surface area contributed by atoms with Crippen molar-refractivity contribution in [3.05, 3.63) is 34.3 Å². The van der Waals surface area contributed by atoms with E-state index in [1.54, 1.807) is 0 Å². The van der Waals surface area contributed by atoms with Crippen LogP contribution in [0.4, 0.5) is 0 Å². The highest BCUT2D eigenvalue weighted by atomic mass is 35.5. The molecule has 1 saturated carbocycles. The van der Waals surface area contributed by atoms with Crippen LogP contribution in [0.25, 0.3) is 0 Å². The first kappa shape index (κ1) is 16.3. The zero-order valence-electron chi connectivity index (χ0n) is 12.6. The molecule has 1 aliphatic carbocycles. The highest BCUT2D eigenvalue weighted by Crippen LogP contribution is 2.36. The normalized spacial score (nSPS) is 16.9. The number of benzene rings is 1. The number of hydrogen-bond donors (Lipinski definition) is 2. The Morgan fingerprint density at radius 3 is 2.71 bits per heavy atom. The maximum Gasteiger partial charge on any atom is 0.220 e. The van der Waals surface area contributed by atoms with E-state index in [-0.39, 0.29) is 17.9 Å². The number of carbonyl (C=O) groups excluding carboxylic acids is 1. The Morgan fingerprint density at radius 2 is 2.10 bits per heavy atom. The number of aliphatic hydroxyl groups is 1. The van der Waals surface area contributed by atoms with E-state index in [0.29, 0.717) is 19.4 Å². The number of amides is 1. The van der Waals surface area contributed by atoms with Crippen molar-refractivity contribution >= 4 is 17.5 Å². The molecule has 1 amide bonds. The van der Waals surface area contributed by atoms with Crippen molar-refractivity contribution in [1.29, 1.82) is 0 Å². The zero-order chi connectivity index (χ0) is 15.3. The van der Waals surface area contributed by atoms with Gasteiger partial charge >= 0.3 is 0 Å². The van der Waals surface area contributed by atoms with Crippen LogP contribution in [-0.4, -0.2) is 24.2 Å². The van der Waals surface area contributed by atoms with Gasteiger partial charge in [-0.3, -0.25) is 4.79 Å². The van der Waals surface area contributed by atoms with Gasteiger partial charge in [0.15, 0.2) is 0 Å². The Kier molecular flexibility index (Phi) is 5.65. The number of halogens is 1. The molecule has 116 valence electrons.